The lowest BCUT2D eigenvalue weighted by molar-refractivity contribution is -0.132. The minimum atomic E-state index is 0.292. The summed E-state index contributed by atoms with van der Waals surface area (Å²) in [5, 5.41) is 3.48. The van der Waals surface area contributed by atoms with Crippen molar-refractivity contribution in [1.82, 2.24) is 15.1 Å². The minimum Gasteiger partial charge on any atom is -0.339 e. The smallest absolute Gasteiger partial charge is 0.236 e. The van der Waals surface area contributed by atoms with Crippen LogP contribution >= 0.6 is 0 Å². The van der Waals surface area contributed by atoms with E-state index in [1.807, 2.05) is 4.90 Å². The average Bonchev–Trinajstić information content (AvgIpc) is 2.73. The summed E-state index contributed by atoms with van der Waals surface area (Å²) in [7, 11) is 0. The van der Waals surface area contributed by atoms with Crippen molar-refractivity contribution in [3.05, 3.63) is 0 Å². The molecule has 1 heterocycles. The average molecular weight is 267 g/mol. The molecule has 0 aromatic rings. The zero-order chi connectivity index (χ0) is 13.5. The first-order valence-electron chi connectivity index (χ1n) is 8.03. The Morgan fingerprint density at radius 3 is 2.26 bits per heavy atom. The number of carbonyl (C=O) groups excluding carboxylic acids is 1. The van der Waals surface area contributed by atoms with Crippen molar-refractivity contribution in [3.63, 3.8) is 0 Å². The van der Waals surface area contributed by atoms with Crippen LogP contribution in [0.1, 0.15) is 45.4 Å². The maximum absolute atomic E-state index is 12.2. The molecule has 1 aliphatic heterocycles. The quantitative estimate of drug-likeness (QED) is 0.783. The van der Waals surface area contributed by atoms with Gasteiger partial charge in [0.15, 0.2) is 0 Å². The topological polar surface area (TPSA) is 35.6 Å². The Morgan fingerprint density at radius 1 is 1.05 bits per heavy atom. The van der Waals surface area contributed by atoms with E-state index in [1.165, 1.54) is 38.5 Å². The Morgan fingerprint density at radius 2 is 1.68 bits per heavy atom. The molecule has 1 saturated carbocycles. The van der Waals surface area contributed by atoms with Gasteiger partial charge < -0.3 is 15.1 Å². The van der Waals surface area contributed by atoms with Gasteiger partial charge in [-0.3, -0.25) is 4.79 Å². The molecule has 0 atom stereocenters. The highest BCUT2D eigenvalue weighted by Gasteiger charge is 2.21. The number of nitrogens with one attached hydrogen (secondary N) is 1. The molecule has 0 spiro atoms. The molecule has 0 aromatic heterocycles. The molecule has 0 bridgehead atoms. The first kappa shape index (κ1) is 14.8. The fraction of sp³-hybridized carbons (Fsp3) is 0.933. The summed E-state index contributed by atoms with van der Waals surface area (Å²) >= 11 is 0. The van der Waals surface area contributed by atoms with E-state index in [2.05, 4.69) is 17.1 Å². The molecule has 2 fully saturated rings. The van der Waals surface area contributed by atoms with Crippen LogP contribution in [0.15, 0.2) is 0 Å². The molecule has 2 rings (SSSR count). The van der Waals surface area contributed by atoms with E-state index in [0.29, 0.717) is 18.5 Å². The van der Waals surface area contributed by atoms with E-state index in [4.69, 9.17) is 0 Å². The van der Waals surface area contributed by atoms with Gasteiger partial charge in [-0.1, -0.05) is 32.6 Å². The summed E-state index contributed by atoms with van der Waals surface area (Å²) in [5.41, 5.74) is 0. The molecular formula is C15H29N3O. The Balaban J connectivity index is 1.66. The second-order valence-electron chi connectivity index (χ2n) is 5.88. The van der Waals surface area contributed by atoms with Crippen molar-refractivity contribution in [2.75, 3.05) is 39.3 Å². The largest absolute Gasteiger partial charge is 0.339 e. The standard InChI is InChI=1S/C15H29N3O/c1-2-17-9-11-18(12-10-17)15(19)13-16-14-7-5-3-4-6-8-14/h14,16H,2-13H2,1H3. The highest BCUT2D eigenvalue weighted by molar-refractivity contribution is 5.78. The van der Waals surface area contributed by atoms with Gasteiger partial charge in [0, 0.05) is 32.2 Å². The second-order valence-corrected chi connectivity index (χ2v) is 5.88. The third-order valence-corrected chi connectivity index (χ3v) is 4.57. The fourth-order valence-electron chi connectivity index (χ4n) is 3.14. The zero-order valence-electron chi connectivity index (χ0n) is 12.4. The van der Waals surface area contributed by atoms with E-state index in [1.54, 1.807) is 0 Å². The lowest BCUT2D eigenvalue weighted by Crippen LogP contribution is -2.51. The molecule has 19 heavy (non-hydrogen) atoms. The summed E-state index contributed by atoms with van der Waals surface area (Å²) in [6.45, 7) is 7.69. The molecule has 2 aliphatic rings. The number of nitrogens with zero attached hydrogens (tertiary/aromatic N) is 2. The van der Waals surface area contributed by atoms with E-state index >= 15 is 0 Å². The molecule has 4 heteroatoms. The first-order valence-corrected chi connectivity index (χ1v) is 8.03. The fourth-order valence-corrected chi connectivity index (χ4v) is 3.14. The van der Waals surface area contributed by atoms with Crippen molar-refractivity contribution >= 4 is 5.91 Å². The van der Waals surface area contributed by atoms with Crippen LogP contribution in [0.5, 0.6) is 0 Å². The molecule has 110 valence electrons. The summed E-state index contributed by atoms with van der Waals surface area (Å²) in [6.07, 6.45) is 7.87. The van der Waals surface area contributed by atoms with Crippen LogP contribution in [0.3, 0.4) is 0 Å². The van der Waals surface area contributed by atoms with Gasteiger partial charge in [-0.15, -0.1) is 0 Å². The highest BCUT2D eigenvalue weighted by Crippen LogP contribution is 2.17. The van der Waals surface area contributed by atoms with Gasteiger partial charge in [-0.05, 0) is 19.4 Å². The minimum absolute atomic E-state index is 0.292. The van der Waals surface area contributed by atoms with E-state index < -0.39 is 0 Å². The third kappa shape index (κ3) is 4.77. The Kier molecular flexibility index (Phi) is 6.11. The predicted molar refractivity (Wildman–Crippen MR) is 78.2 cm³/mol. The normalized spacial score (nSPS) is 23.3. The Labute approximate surface area is 117 Å². The molecule has 0 unspecified atom stereocenters. The van der Waals surface area contributed by atoms with Gasteiger partial charge in [-0.25, -0.2) is 0 Å². The van der Waals surface area contributed by atoms with Crippen LogP contribution in [0.2, 0.25) is 0 Å². The van der Waals surface area contributed by atoms with Crippen LogP contribution in [0, 0.1) is 0 Å². The zero-order valence-corrected chi connectivity index (χ0v) is 12.4. The number of rotatable bonds is 4. The lowest BCUT2D eigenvalue weighted by atomic mass is 10.1. The van der Waals surface area contributed by atoms with E-state index in [9.17, 15) is 4.79 Å². The van der Waals surface area contributed by atoms with Gasteiger partial charge >= 0.3 is 0 Å². The SMILES string of the molecule is CCN1CCN(C(=O)CNC2CCCCCC2)CC1. The van der Waals surface area contributed by atoms with E-state index in [0.717, 1.165) is 32.7 Å². The number of amides is 1. The maximum Gasteiger partial charge on any atom is 0.236 e. The molecule has 1 aliphatic carbocycles. The number of carbonyl (C=O) groups is 1. The van der Waals surface area contributed by atoms with Crippen LogP contribution < -0.4 is 5.32 Å². The van der Waals surface area contributed by atoms with Crippen LogP contribution in [0.4, 0.5) is 0 Å². The molecule has 0 aromatic carbocycles. The predicted octanol–water partition coefficient (Wildman–Crippen LogP) is 1.46. The lowest BCUT2D eigenvalue weighted by Gasteiger charge is -2.34. The number of hydrogen-bond acceptors (Lipinski definition) is 3. The van der Waals surface area contributed by atoms with Crippen LogP contribution in [0.25, 0.3) is 0 Å². The first-order chi connectivity index (χ1) is 9.29. The monoisotopic (exact) mass is 267 g/mol. The highest BCUT2D eigenvalue weighted by atomic mass is 16.2. The maximum atomic E-state index is 12.2. The van der Waals surface area contributed by atoms with Gasteiger partial charge in [0.05, 0.1) is 6.54 Å². The Bertz CT molecular complexity index is 267. The third-order valence-electron chi connectivity index (χ3n) is 4.57. The van der Waals surface area contributed by atoms with E-state index in [-0.39, 0.29) is 0 Å². The second kappa shape index (κ2) is 7.85. The van der Waals surface area contributed by atoms with Crippen molar-refractivity contribution in [1.29, 1.82) is 0 Å². The summed E-state index contributed by atoms with van der Waals surface area (Å²) in [6, 6.07) is 0.573. The molecule has 1 saturated heterocycles. The summed E-state index contributed by atoms with van der Waals surface area (Å²) < 4.78 is 0. The van der Waals surface area contributed by atoms with Crippen LogP contribution in [-0.2, 0) is 4.79 Å². The van der Waals surface area contributed by atoms with Gasteiger partial charge in [0.2, 0.25) is 5.91 Å². The van der Waals surface area contributed by atoms with Gasteiger partial charge in [-0.2, -0.15) is 0 Å². The van der Waals surface area contributed by atoms with Crippen LogP contribution in [-0.4, -0.2) is 61.0 Å². The number of likely N-dealkylation sites (N-methyl/N-ethyl adjacent to an activating group) is 1. The van der Waals surface area contributed by atoms with Crippen molar-refractivity contribution in [3.8, 4) is 0 Å². The van der Waals surface area contributed by atoms with Gasteiger partial charge in [0.1, 0.15) is 0 Å². The molecule has 0 radical (unpaired) electrons. The van der Waals surface area contributed by atoms with Gasteiger partial charge in [0.25, 0.3) is 0 Å². The Hall–Kier alpha value is -0.610. The summed E-state index contributed by atoms with van der Waals surface area (Å²) in [5.74, 6) is 0.292. The number of hydrogen-bond donors (Lipinski definition) is 1. The van der Waals surface area contributed by atoms with Crippen molar-refractivity contribution in [2.24, 2.45) is 0 Å². The molecule has 1 amide bonds. The summed E-state index contributed by atoms with van der Waals surface area (Å²) in [4.78, 5) is 16.6. The number of piperazine rings is 1. The van der Waals surface area contributed by atoms with Crippen molar-refractivity contribution in [2.45, 2.75) is 51.5 Å². The van der Waals surface area contributed by atoms with Crippen molar-refractivity contribution < 1.29 is 4.79 Å². The molecule has 1 N–H and O–H groups in total. The molecule has 4 nitrogen and oxygen atoms in total. The molecular weight excluding hydrogens is 238 g/mol.